The molecular formula is C21H17N3O6. The van der Waals surface area contributed by atoms with Crippen LogP contribution in [0.25, 0.3) is 0 Å². The topological polar surface area (TPSA) is 130 Å². The zero-order valence-corrected chi connectivity index (χ0v) is 15.8. The molecule has 0 aliphatic carbocycles. The van der Waals surface area contributed by atoms with Gasteiger partial charge in [-0.15, -0.1) is 10.2 Å². The number of phenols is 2. The number of aromatic hydroxyl groups is 2. The minimum atomic E-state index is -0.762. The molecule has 0 aliphatic heterocycles. The molecule has 0 aliphatic rings. The lowest BCUT2D eigenvalue weighted by Gasteiger charge is -2.07. The van der Waals surface area contributed by atoms with Crippen molar-refractivity contribution in [2.45, 2.75) is 0 Å². The van der Waals surface area contributed by atoms with E-state index in [2.05, 4.69) is 15.7 Å². The monoisotopic (exact) mass is 407 g/mol. The van der Waals surface area contributed by atoms with Crippen LogP contribution in [-0.4, -0.2) is 29.2 Å². The van der Waals surface area contributed by atoms with Crippen molar-refractivity contribution in [2.75, 3.05) is 12.6 Å². The van der Waals surface area contributed by atoms with Crippen LogP contribution < -0.4 is 10.2 Å². The molecule has 3 N–H and O–H groups in total. The fourth-order valence-electron chi connectivity index (χ4n) is 2.37. The van der Waals surface area contributed by atoms with Gasteiger partial charge < -0.3 is 19.8 Å². The van der Waals surface area contributed by atoms with Gasteiger partial charge in [-0.05, 0) is 54.6 Å². The quantitative estimate of drug-likeness (QED) is 0.412. The Labute approximate surface area is 171 Å². The van der Waals surface area contributed by atoms with E-state index in [1.807, 2.05) is 0 Å². The second-order valence-electron chi connectivity index (χ2n) is 5.98. The van der Waals surface area contributed by atoms with E-state index in [0.29, 0.717) is 22.7 Å². The third-order valence-electron chi connectivity index (χ3n) is 3.90. The lowest BCUT2D eigenvalue weighted by molar-refractivity contribution is 0.0596. The van der Waals surface area contributed by atoms with Crippen LogP contribution in [0.4, 0.5) is 11.4 Å². The number of azo groups is 1. The highest BCUT2D eigenvalue weighted by atomic mass is 16.7. The van der Waals surface area contributed by atoms with Crippen LogP contribution >= 0.6 is 0 Å². The minimum absolute atomic E-state index is 0.0840. The van der Waals surface area contributed by atoms with E-state index in [1.54, 1.807) is 48.5 Å². The SMILES string of the molecule is COc1cccc(C(=O)ONc2ccc(N=NC(=O)c3ccc(O)cc3O)cc2)c1. The van der Waals surface area contributed by atoms with Crippen molar-refractivity contribution >= 4 is 23.3 Å². The number of anilines is 1. The highest BCUT2D eigenvalue weighted by molar-refractivity contribution is 5.97. The van der Waals surface area contributed by atoms with E-state index in [-0.39, 0.29) is 11.3 Å². The Hall–Kier alpha value is -4.40. The highest BCUT2D eigenvalue weighted by Gasteiger charge is 2.11. The average molecular weight is 407 g/mol. The van der Waals surface area contributed by atoms with Gasteiger partial charge in [-0.2, -0.15) is 0 Å². The lowest BCUT2D eigenvalue weighted by atomic mass is 10.2. The first-order valence-electron chi connectivity index (χ1n) is 8.65. The molecule has 9 heteroatoms. The minimum Gasteiger partial charge on any atom is -0.508 e. The molecule has 152 valence electrons. The maximum atomic E-state index is 12.1. The first kappa shape index (κ1) is 20.3. The van der Waals surface area contributed by atoms with E-state index in [9.17, 15) is 19.8 Å². The second-order valence-corrected chi connectivity index (χ2v) is 5.98. The average Bonchev–Trinajstić information content (AvgIpc) is 2.76. The molecule has 0 heterocycles. The van der Waals surface area contributed by atoms with Crippen LogP contribution in [0, 0.1) is 0 Å². The molecule has 0 aromatic heterocycles. The smallest absolute Gasteiger partial charge is 0.362 e. The van der Waals surface area contributed by atoms with Crippen LogP contribution in [-0.2, 0) is 4.84 Å². The highest BCUT2D eigenvalue weighted by Crippen LogP contribution is 2.24. The lowest BCUT2D eigenvalue weighted by Crippen LogP contribution is -2.10. The Morgan fingerprint density at radius 2 is 1.73 bits per heavy atom. The number of rotatable bonds is 6. The molecule has 9 nitrogen and oxygen atoms in total. The fraction of sp³-hybridized carbons (Fsp3) is 0.0476. The van der Waals surface area contributed by atoms with E-state index in [0.717, 1.165) is 6.07 Å². The van der Waals surface area contributed by atoms with Gasteiger partial charge in [-0.25, -0.2) is 10.3 Å². The van der Waals surface area contributed by atoms with Gasteiger partial charge >= 0.3 is 5.97 Å². The zero-order valence-electron chi connectivity index (χ0n) is 15.8. The maximum absolute atomic E-state index is 12.1. The molecule has 0 bridgehead atoms. The Morgan fingerprint density at radius 1 is 0.967 bits per heavy atom. The van der Waals surface area contributed by atoms with E-state index >= 15 is 0 Å². The van der Waals surface area contributed by atoms with Gasteiger partial charge in [0.15, 0.2) is 0 Å². The molecule has 0 atom stereocenters. The maximum Gasteiger partial charge on any atom is 0.362 e. The molecular weight excluding hydrogens is 390 g/mol. The number of phenolic OH excluding ortho intramolecular Hbond substituents is 2. The van der Waals surface area contributed by atoms with E-state index in [1.165, 1.54) is 19.2 Å². The molecule has 1 amide bonds. The number of amides is 1. The molecule has 3 aromatic rings. The van der Waals surface area contributed by atoms with Crippen molar-refractivity contribution in [3.05, 3.63) is 77.9 Å². The molecule has 0 fully saturated rings. The summed E-state index contributed by atoms with van der Waals surface area (Å²) in [4.78, 5) is 29.1. The van der Waals surface area contributed by atoms with Gasteiger partial charge in [0.25, 0.3) is 5.91 Å². The zero-order chi connectivity index (χ0) is 21.5. The second kappa shape index (κ2) is 9.20. The summed E-state index contributed by atoms with van der Waals surface area (Å²) in [5.41, 5.74) is 3.61. The predicted octanol–water partition coefficient (Wildman–Crippen LogP) is 4.21. The van der Waals surface area contributed by atoms with Crippen molar-refractivity contribution in [3.63, 3.8) is 0 Å². The summed E-state index contributed by atoms with van der Waals surface area (Å²) < 4.78 is 5.06. The third-order valence-corrected chi connectivity index (χ3v) is 3.90. The van der Waals surface area contributed by atoms with Crippen LogP contribution in [0.2, 0.25) is 0 Å². The van der Waals surface area contributed by atoms with E-state index < -0.39 is 17.6 Å². The number of hydrogen-bond acceptors (Lipinski definition) is 8. The largest absolute Gasteiger partial charge is 0.508 e. The van der Waals surface area contributed by atoms with E-state index in [4.69, 9.17) is 9.57 Å². The predicted molar refractivity (Wildman–Crippen MR) is 107 cm³/mol. The van der Waals surface area contributed by atoms with Gasteiger partial charge in [-0.1, -0.05) is 6.07 Å². The van der Waals surface area contributed by atoms with Crippen molar-refractivity contribution in [3.8, 4) is 17.2 Å². The normalized spacial score (nSPS) is 10.6. The molecule has 30 heavy (non-hydrogen) atoms. The van der Waals surface area contributed by atoms with Gasteiger partial charge in [0.05, 0.1) is 29.6 Å². The van der Waals surface area contributed by atoms with Crippen molar-refractivity contribution in [1.82, 2.24) is 0 Å². The number of benzene rings is 3. The number of carbonyl (C=O) groups is 2. The number of nitrogens with one attached hydrogen (secondary N) is 1. The van der Waals surface area contributed by atoms with Crippen LogP contribution in [0.15, 0.2) is 77.0 Å². The summed E-state index contributed by atoms with van der Waals surface area (Å²) in [6.45, 7) is 0. The van der Waals surface area contributed by atoms with Crippen molar-refractivity contribution in [1.29, 1.82) is 0 Å². The Bertz CT molecular complexity index is 1100. The Balaban J connectivity index is 1.58. The summed E-state index contributed by atoms with van der Waals surface area (Å²) in [5, 5.41) is 26.3. The Kier molecular flexibility index (Phi) is 6.23. The molecule has 3 aromatic carbocycles. The van der Waals surface area contributed by atoms with Gasteiger partial charge in [0, 0.05) is 6.07 Å². The number of ether oxygens (including phenoxy) is 1. The number of methoxy groups -OCH3 is 1. The fourth-order valence-corrected chi connectivity index (χ4v) is 2.37. The van der Waals surface area contributed by atoms with Gasteiger partial charge in [-0.3, -0.25) is 4.79 Å². The summed E-state index contributed by atoms with van der Waals surface area (Å²) in [5.74, 6) is -1.37. The van der Waals surface area contributed by atoms with Crippen LogP contribution in [0.5, 0.6) is 17.2 Å². The third kappa shape index (κ3) is 5.10. The van der Waals surface area contributed by atoms with Crippen molar-refractivity contribution in [2.24, 2.45) is 10.2 Å². The molecule has 3 rings (SSSR count). The standard InChI is InChI=1S/C21H17N3O6/c1-29-17-4-2-3-13(11-17)21(28)30-24-15-7-5-14(6-8-15)22-23-20(27)18-10-9-16(25)12-19(18)26/h2-12,24-26H,1H3. The molecule has 0 saturated heterocycles. The van der Waals surface area contributed by atoms with Gasteiger partial charge in [0.2, 0.25) is 0 Å². The molecule has 0 spiro atoms. The number of carbonyl (C=O) groups excluding carboxylic acids is 2. The molecule has 0 saturated carbocycles. The molecule has 0 radical (unpaired) electrons. The van der Waals surface area contributed by atoms with Gasteiger partial charge in [0.1, 0.15) is 17.2 Å². The number of nitrogens with zero attached hydrogens (tertiary/aromatic N) is 2. The summed E-state index contributed by atoms with van der Waals surface area (Å²) in [6.07, 6.45) is 0. The Morgan fingerprint density at radius 3 is 2.43 bits per heavy atom. The molecule has 0 unspecified atom stereocenters. The van der Waals surface area contributed by atoms with Crippen LogP contribution in [0.1, 0.15) is 20.7 Å². The number of hydrogen-bond donors (Lipinski definition) is 3. The van der Waals surface area contributed by atoms with Crippen LogP contribution in [0.3, 0.4) is 0 Å². The summed E-state index contributed by atoms with van der Waals surface area (Å²) in [7, 11) is 1.50. The summed E-state index contributed by atoms with van der Waals surface area (Å²) >= 11 is 0. The first-order chi connectivity index (χ1) is 14.5. The first-order valence-corrected chi connectivity index (χ1v) is 8.65. The summed E-state index contributed by atoms with van der Waals surface area (Å²) in [6, 6.07) is 16.3. The van der Waals surface area contributed by atoms with Crippen molar-refractivity contribution < 1.29 is 29.4 Å².